The van der Waals surface area contributed by atoms with Crippen LogP contribution in [0.25, 0.3) is 0 Å². The highest BCUT2D eigenvalue weighted by molar-refractivity contribution is 5.70. The molecule has 162 valence electrons. The van der Waals surface area contributed by atoms with E-state index >= 15 is 0 Å². The zero-order valence-electron chi connectivity index (χ0n) is 17.7. The molecule has 1 fully saturated rings. The molecule has 2 heterocycles. The van der Waals surface area contributed by atoms with Crippen molar-refractivity contribution < 1.29 is 30.0 Å². The molecule has 0 aromatic carbocycles. The van der Waals surface area contributed by atoms with Crippen LogP contribution >= 0.6 is 0 Å². The van der Waals surface area contributed by atoms with Crippen LogP contribution in [0, 0.1) is 0 Å². The Morgan fingerprint density at radius 2 is 1.54 bits per heavy atom. The fraction of sp³-hybridized carbons (Fsp3) is 0.667. The first-order chi connectivity index (χ1) is 12.8. The van der Waals surface area contributed by atoms with Crippen molar-refractivity contribution in [1.29, 1.82) is 0 Å². The summed E-state index contributed by atoms with van der Waals surface area (Å²) in [5, 5.41) is 40.8. The molecule has 0 aliphatic carbocycles. The standard InChI is InChI=1S/C14H22N4O6.2C2H6/c1-12(2,3)24-11(19)18-13(20,21)7-17(8-14(18,22)23)9-4-5-10(15)16-6-9;2*1-2/h4-6,20-23H,7-8H2,1-3H3,(H2,15,16);2*1-2H3. The Kier molecular flexibility index (Phi) is 9.12. The van der Waals surface area contributed by atoms with Gasteiger partial charge in [0.25, 0.3) is 11.8 Å². The second-order valence-corrected chi connectivity index (χ2v) is 6.66. The van der Waals surface area contributed by atoms with Crippen LogP contribution < -0.4 is 10.6 Å². The fourth-order valence-corrected chi connectivity index (χ4v) is 2.36. The summed E-state index contributed by atoms with van der Waals surface area (Å²) in [4.78, 5) is 17.3. The van der Waals surface area contributed by atoms with Gasteiger partial charge in [-0.3, -0.25) is 0 Å². The van der Waals surface area contributed by atoms with Crippen molar-refractivity contribution in [3.05, 3.63) is 18.3 Å². The fourth-order valence-electron chi connectivity index (χ4n) is 2.36. The third-order valence-electron chi connectivity index (χ3n) is 3.23. The predicted molar refractivity (Wildman–Crippen MR) is 106 cm³/mol. The van der Waals surface area contributed by atoms with Gasteiger partial charge in [-0.15, -0.1) is 0 Å². The third-order valence-corrected chi connectivity index (χ3v) is 3.23. The summed E-state index contributed by atoms with van der Waals surface area (Å²) in [7, 11) is 0. The van der Waals surface area contributed by atoms with E-state index in [1.807, 2.05) is 27.7 Å². The van der Waals surface area contributed by atoms with Gasteiger partial charge < -0.3 is 35.8 Å². The Hall–Kier alpha value is -2.14. The van der Waals surface area contributed by atoms with E-state index in [1.54, 1.807) is 20.8 Å². The highest BCUT2D eigenvalue weighted by atomic mass is 16.6. The van der Waals surface area contributed by atoms with Gasteiger partial charge >= 0.3 is 6.09 Å². The van der Waals surface area contributed by atoms with E-state index in [0.717, 1.165) is 0 Å². The summed E-state index contributed by atoms with van der Waals surface area (Å²) >= 11 is 0. The Morgan fingerprint density at radius 3 is 1.89 bits per heavy atom. The molecule has 1 aromatic rings. The van der Waals surface area contributed by atoms with Crippen molar-refractivity contribution in [2.24, 2.45) is 0 Å². The van der Waals surface area contributed by atoms with E-state index < -0.39 is 36.6 Å². The van der Waals surface area contributed by atoms with Gasteiger partial charge in [0.2, 0.25) is 0 Å². The normalized spacial score (nSPS) is 17.5. The number of β-amino-alcohol motifs (C(OH)–C–C–N with tert-alkyl or cyclic N) is 4. The second kappa shape index (κ2) is 9.87. The number of ether oxygens (including phenoxy) is 1. The predicted octanol–water partition coefficient (Wildman–Crippen LogP) is 1.05. The number of aliphatic hydroxyl groups is 4. The molecule has 1 aliphatic heterocycles. The van der Waals surface area contributed by atoms with Crippen LogP contribution in [0.2, 0.25) is 0 Å². The van der Waals surface area contributed by atoms with Crippen LogP contribution in [-0.2, 0) is 4.74 Å². The van der Waals surface area contributed by atoms with Gasteiger partial charge in [0, 0.05) is 0 Å². The summed E-state index contributed by atoms with van der Waals surface area (Å²) in [6.45, 7) is 11.7. The Morgan fingerprint density at radius 1 is 1.07 bits per heavy atom. The molecule has 0 atom stereocenters. The van der Waals surface area contributed by atoms with Crippen molar-refractivity contribution in [2.45, 2.75) is 65.9 Å². The van der Waals surface area contributed by atoms with Crippen LogP contribution in [0.3, 0.4) is 0 Å². The number of anilines is 2. The van der Waals surface area contributed by atoms with E-state index in [-0.39, 0.29) is 10.7 Å². The maximum absolute atomic E-state index is 12.1. The van der Waals surface area contributed by atoms with E-state index in [9.17, 15) is 25.2 Å². The van der Waals surface area contributed by atoms with E-state index in [0.29, 0.717) is 5.69 Å². The number of pyridine rings is 1. The Bertz CT molecular complexity index is 595. The molecule has 0 radical (unpaired) electrons. The van der Waals surface area contributed by atoms with Crippen LogP contribution in [0.5, 0.6) is 0 Å². The number of hydrogen-bond donors (Lipinski definition) is 5. The molecule has 6 N–H and O–H groups in total. The zero-order chi connectivity index (χ0) is 22.3. The third kappa shape index (κ3) is 6.79. The average Bonchev–Trinajstić information content (AvgIpc) is 2.55. The van der Waals surface area contributed by atoms with Crippen LogP contribution in [-0.4, -0.2) is 66.9 Å². The van der Waals surface area contributed by atoms with Crippen LogP contribution in [0.4, 0.5) is 16.3 Å². The monoisotopic (exact) mass is 402 g/mol. The lowest BCUT2D eigenvalue weighted by Crippen LogP contribution is -2.75. The SMILES string of the molecule is CC.CC.CC(C)(C)OC(=O)N1C(O)(O)CN(c2ccc(N)nc2)CC1(O)O. The molecule has 10 heteroatoms. The quantitative estimate of drug-likeness (QED) is 0.434. The maximum atomic E-state index is 12.1. The zero-order valence-corrected chi connectivity index (χ0v) is 17.7. The molecule has 2 rings (SSSR count). The minimum absolute atomic E-state index is 0.0898. The number of aromatic nitrogens is 1. The molecule has 0 bridgehead atoms. The van der Waals surface area contributed by atoms with Gasteiger partial charge in [-0.2, -0.15) is 4.90 Å². The van der Waals surface area contributed by atoms with Crippen molar-refractivity contribution in [3.63, 3.8) is 0 Å². The van der Waals surface area contributed by atoms with Crippen molar-refractivity contribution in [3.8, 4) is 0 Å². The minimum Gasteiger partial charge on any atom is -0.443 e. The Balaban J connectivity index is 0.00000171. The molecule has 28 heavy (non-hydrogen) atoms. The lowest BCUT2D eigenvalue weighted by atomic mass is 10.1. The number of nitrogens with two attached hydrogens (primary N) is 1. The van der Waals surface area contributed by atoms with Gasteiger partial charge in [0.1, 0.15) is 11.4 Å². The van der Waals surface area contributed by atoms with E-state index in [2.05, 4.69) is 4.98 Å². The average molecular weight is 402 g/mol. The number of carbonyl (C=O) groups excluding carboxylic acids is 1. The van der Waals surface area contributed by atoms with E-state index in [1.165, 1.54) is 23.2 Å². The molecule has 1 aromatic heterocycles. The highest BCUT2D eigenvalue weighted by Gasteiger charge is 2.56. The van der Waals surface area contributed by atoms with Crippen LogP contribution in [0.1, 0.15) is 48.5 Å². The van der Waals surface area contributed by atoms with Gasteiger partial charge in [0.15, 0.2) is 0 Å². The maximum Gasteiger partial charge on any atom is 0.418 e. The van der Waals surface area contributed by atoms with Crippen molar-refractivity contribution in [1.82, 2.24) is 9.88 Å². The number of hydrogen-bond acceptors (Lipinski definition) is 9. The molecule has 10 nitrogen and oxygen atoms in total. The second-order valence-electron chi connectivity index (χ2n) is 6.66. The molecular formula is C18H34N4O6. The molecule has 1 aliphatic rings. The molecule has 1 amide bonds. The molecule has 0 spiro atoms. The van der Waals surface area contributed by atoms with Gasteiger partial charge in [-0.1, -0.05) is 27.7 Å². The summed E-state index contributed by atoms with van der Waals surface area (Å²) < 4.78 is 5.00. The summed E-state index contributed by atoms with van der Waals surface area (Å²) in [6, 6.07) is 3.00. The van der Waals surface area contributed by atoms with Crippen molar-refractivity contribution >= 4 is 17.6 Å². The largest absolute Gasteiger partial charge is 0.443 e. The van der Waals surface area contributed by atoms with Gasteiger partial charge in [0.05, 0.1) is 25.0 Å². The number of nitrogen functional groups attached to an aromatic ring is 1. The summed E-state index contributed by atoms with van der Waals surface area (Å²) in [5.74, 6) is -5.51. The summed E-state index contributed by atoms with van der Waals surface area (Å²) in [6.07, 6.45) is 0.0672. The number of piperazine rings is 1. The van der Waals surface area contributed by atoms with Crippen molar-refractivity contribution in [2.75, 3.05) is 23.7 Å². The lowest BCUT2D eigenvalue weighted by Gasteiger charge is -2.50. The molecule has 0 saturated carbocycles. The Labute approximate surface area is 166 Å². The summed E-state index contributed by atoms with van der Waals surface area (Å²) in [5.41, 5.74) is 4.90. The van der Waals surface area contributed by atoms with Gasteiger partial charge in [-0.25, -0.2) is 9.78 Å². The lowest BCUT2D eigenvalue weighted by molar-refractivity contribution is -0.372. The molecule has 1 saturated heterocycles. The highest BCUT2D eigenvalue weighted by Crippen LogP contribution is 2.31. The van der Waals surface area contributed by atoms with Crippen LogP contribution in [0.15, 0.2) is 18.3 Å². The number of carbonyl (C=O) groups is 1. The first-order valence-corrected chi connectivity index (χ1v) is 9.21. The molecular weight excluding hydrogens is 368 g/mol. The first kappa shape index (κ1) is 25.9. The topological polar surface area (TPSA) is 153 Å². The van der Waals surface area contributed by atoms with Gasteiger partial charge in [-0.05, 0) is 32.9 Å². The number of nitrogens with zero attached hydrogens (tertiary/aromatic N) is 3. The smallest absolute Gasteiger partial charge is 0.418 e. The number of rotatable bonds is 1. The minimum atomic E-state index is -2.88. The number of amides is 1. The van der Waals surface area contributed by atoms with E-state index in [4.69, 9.17) is 10.5 Å². The molecule has 0 unspecified atom stereocenters. The first-order valence-electron chi connectivity index (χ1n) is 9.21.